The summed E-state index contributed by atoms with van der Waals surface area (Å²) in [4.78, 5) is 0. The molecule has 0 spiro atoms. The monoisotopic (exact) mass is 313 g/mol. The van der Waals surface area contributed by atoms with Crippen molar-refractivity contribution in [3.63, 3.8) is 0 Å². The minimum Gasteiger partial charge on any atom is -0.497 e. The van der Waals surface area contributed by atoms with Crippen LogP contribution in [0.15, 0.2) is 18.2 Å². The number of methoxy groups -OCH3 is 2. The lowest BCUT2D eigenvalue weighted by Crippen LogP contribution is -2.24. The van der Waals surface area contributed by atoms with E-state index < -0.39 is 0 Å². The second-order valence-electron chi connectivity index (χ2n) is 4.87. The Balaban J connectivity index is 2.87. The van der Waals surface area contributed by atoms with E-state index in [4.69, 9.17) is 14.6 Å². The fraction of sp³-hybridized carbons (Fsp3) is 0.625. The minimum absolute atomic E-state index is 0.200. The second-order valence-corrected chi connectivity index (χ2v) is 6.35. The fourth-order valence-electron chi connectivity index (χ4n) is 2.14. The normalized spacial score (nSPS) is 13.8. The molecule has 0 heterocycles. The Morgan fingerprint density at radius 2 is 2.05 bits per heavy atom. The molecule has 0 radical (unpaired) electrons. The Kier molecular flexibility index (Phi) is 8.57. The molecule has 1 aromatic rings. The maximum Gasteiger partial charge on any atom is 0.123 e. The minimum atomic E-state index is 0.200. The van der Waals surface area contributed by atoms with E-state index in [2.05, 4.69) is 19.2 Å². The van der Waals surface area contributed by atoms with E-state index in [1.54, 1.807) is 14.2 Å². The molecule has 5 heteroatoms. The van der Waals surface area contributed by atoms with Crippen LogP contribution in [0.1, 0.15) is 31.9 Å². The molecule has 120 valence electrons. The number of hydrogen-bond acceptors (Lipinski definition) is 5. The Labute approximate surface area is 132 Å². The molecule has 0 aliphatic heterocycles. The fourth-order valence-corrected chi connectivity index (χ4v) is 3.23. The molecule has 0 fully saturated rings. The molecule has 0 saturated carbocycles. The van der Waals surface area contributed by atoms with Gasteiger partial charge in [0, 0.05) is 29.2 Å². The molecule has 4 nitrogen and oxygen atoms in total. The van der Waals surface area contributed by atoms with Gasteiger partial charge in [-0.05, 0) is 31.2 Å². The van der Waals surface area contributed by atoms with Crippen molar-refractivity contribution in [1.82, 2.24) is 5.32 Å². The number of hydrogen-bond donors (Lipinski definition) is 2. The van der Waals surface area contributed by atoms with Crippen LogP contribution in [0.25, 0.3) is 0 Å². The van der Waals surface area contributed by atoms with Gasteiger partial charge in [-0.2, -0.15) is 11.8 Å². The molecular formula is C16H27NO3S. The third kappa shape index (κ3) is 5.77. The number of thioether (sulfide) groups is 1. The molecule has 0 aliphatic carbocycles. The van der Waals surface area contributed by atoms with Crippen LogP contribution in [0.3, 0.4) is 0 Å². The van der Waals surface area contributed by atoms with Gasteiger partial charge in [-0.1, -0.05) is 13.8 Å². The van der Waals surface area contributed by atoms with E-state index in [0.717, 1.165) is 35.8 Å². The highest BCUT2D eigenvalue weighted by Crippen LogP contribution is 2.32. The Hall–Kier alpha value is -0.910. The molecule has 0 bridgehead atoms. The maximum absolute atomic E-state index is 9.01. The summed E-state index contributed by atoms with van der Waals surface area (Å²) in [6, 6.07) is 6.09. The summed E-state index contributed by atoms with van der Waals surface area (Å²) in [6.45, 7) is 5.37. The first kappa shape index (κ1) is 18.1. The summed E-state index contributed by atoms with van der Waals surface area (Å²) >= 11 is 1.86. The lowest BCUT2D eigenvalue weighted by Gasteiger charge is -2.22. The number of aliphatic hydroxyl groups is 1. The third-order valence-electron chi connectivity index (χ3n) is 3.35. The quantitative estimate of drug-likeness (QED) is 0.695. The SMILES string of the molecule is CCNC(CSC(C)CCO)c1cc(OC)ccc1OC. The zero-order chi connectivity index (χ0) is 15.7. The van der Waals surface area contributed by atoms with Crippen LogP contribution in [0.2, 0.25) is 0 Å². The molecule has 0 amide bonds. The van der Waals surface area contributed by atoms with Crippen molar-refractivity contribution >= 4 is 11.8 Å². The van der Waals surface area contributed by atoms with Crippen LogP contribution >= 0.6 is 11.8 Å². The van der Waals surface area contributed by atoms with Crippen molar-refractivity contribution < 1.29 is 14.6 Å². The van der Waals surface area contributed by atoms with Gasteiger partial charge in [-0.3, -0.25) is 0 Å². The third-order valence-corrected chi connectivity index (χ3v) is 4.68. The van der Waals surface area contributed by atoms with E-state index in [1.165, 1.54) is 0 Å². The highest BCUT2D eigenvalue weighted by molar-refractivity contribution is 7.99. The lowest BCUT2D eigenvalue weighted by molar-refractivity contribution is 0.289. The standard InChI is InChI=1S/C16H27NO3S/c1-5-17-15(11-21-12(2)8-9-18)14-10-13(19-3)6-7-16(14)20-4/h6-7,10,12,15,17-18H,5,8-9,11H2,1-4H3. The predicted molar refractivity (Wildman–Crippen MR) is 89.6 cm³/mol. The van der Waals surface area contributed by atoms with Gasteiger partial charge in [0.1, 0.15) is 11.5 Å². The summed E-state index contributed by atoms with van der Waals surface area (Å²) < 4.78 is 10.8. The number of nitrogens with one attached hydrogen (secondary N) is 1. The first-order valence-corrected chi connectivity index (χ1v) is 8.38. The van der Waals surface area contributed by atoms with Crippen molar-refractivity contribution in [2.45, 2.75) is 31.6 Å². The van der Waals surface area contributed by atoms with Crippen LogP contribution in [-0.2, 0) is 0 Å². The molecule has 21 heavy (non-hydrogen) atoms. The Bertz CT molecular complexity index is 415. The van der Waals surface area contributed by atoms with Crippen molar-refractivity contribution in [3.8, 4) is 11.5 Å². The smallest absolute Gasteiger partial charge is 0.123 e. The Morgan fingerprint density at radius 1 is 1.29 bits per heavy atom. The average Bonchev–Trinajstić information content (AvgIpc) is 2.51. The second kappa shape index (κ2) is 9.92. The molecule has 0 aromatic heterocycles. The van der Waals surface area contributed by atoms with Gasteiger partial charge in [-0.15, -0.1) is 0 Å². The maximum atomic E-state index is 9.01. The van der Waals surface area contributed by atoms with Crippen LogP contribution < -0.4 is 14.8 Å². The summed E-state index contributed by atoms with van der Waals surface area (Å²) in [5.74, 6) is 2.64. The molecule has 2 atom stereocenters. The summed E-state index contributed by atoms with van der Waals surface area (Å²) in [5, 5.41) is 12.9. The molecular weight excluding hydrogens is 286 g/mol. The highest BCUT2D eigenvalue weighted by atomic mass is 32.2. The van der Waals surface area contributed by atoms with E-state index in [9.17, 15) is 0 Å². The number of aliphatic hydroxyl groups excluding tert-OH is 1. The van der Waals surface area contributed by atoms with E-state index >= 15 is 0 Å². The van der Waals surface area contributed by atoms with Crippen molar-refractivity contribution in [3.05, 3.63) is 23.8 Å². The van der Waals surface area contributed by atoms with Crippen LogP contribution in [-0.4, -0.2) is 43.5 Å². The summed E-state index contributed by atoms with van der Waals surface area (Å²) in [5.41, 5.74) is 1.11. The van der Waals surface area contributed by atoms with Crippen molar-refractivity contribution in [1.29, 1.82) is 0 Å². The predicted octanol–water partition coefficient (Wildman–Crippen LogP) is 2.86. The van der Waals surface area contributed by atoms with E-state index in [0.29, 0.717) is 5.25 Å². The van der Waals surface area contributed by atoms with Gasteiger partial charge in [0.2, 0.25) is 0 Å². The van der Waals surface area contributed by atoms with Gasteiger partial charge < -0.3 is 19.9 Å². The largest absolute Gasteiger partial charge is 0.497 e. The first-order valence-electron chi connectivity index (χ1n) is 7.34. The number of ether oxygens (including phenoxy) is 2. The molecule has 1 rings (SSSR count). The van der Waals surface area contributed by atoms with Crippen LogP contribution in [0.4, 0.5) is 0 Å². The van der Waals surface area contributed by atoms with E-state index in [1.807, 2.05) is 30.0 Å². The van der Waals surface area contributed by atoms with Crippen LogP contribution in [0, 0.1) is 0 Å². The van der Waals surface area contributed by atoms with Gasteiger partial charge in [0.25, 0.3) is 0 Å². The summed E-state index contributed by atoms with van der Waals surface area (Å²) in [7, 11) is 3.36. The topological polar surface area (TPSA) is 50.7 Å². The van der Waals surface area contributed by atoms with Gasteiger partial charge in [-0.25, -0.2) is 0 Å². The molecule has 0 saturated heterocycles. The van der Waals surface area contributed by atoms with Crippen molar-refractivity contribution in [2.75, 3.05) is 33.1 Å². The zero-order valence-corrected chi connectivity index (χ0v) is 14.2. The first-order chi connectivity index (χ1) is 10.2. The molecule has 2 N–H and O–H groups in total. The number of rotatable bonds is 10. The highest BCUT2D eigenvalue weighted by Gasteiger charge is 2.17. The lowest BCUT2D eigenvalue weighted by atomic mass is 10.1. The average molecular weight is 313 g/mol. The van der Waals surface area contributed by atoms with Gasteiger partial charge >= 0.3 is 0 Å². The van der Waals surface area contributed by atoms with Gasteiger partial charge in [0.15, 0.2) is 0 Å². The van der Waals surface area contributed by atoms with E-state index in [-0.39, 0.29) is 12.6 Å². The molecule has 0 aliphatic rings. The number of benzene rings is 1. The zero-order valence-electron chi connectivity index (χ0n) is 13.4. The molecule has 1 aromatic carbocycles. The summed E-state index contributed by atoms with van der Waals surface area (Å²) in [6.07, 6.45) is 0.818. The Morgan fingerprint density at radius 3 is 2.62 bits per heavy atom. The van der Waals surface area contributed by atoms with Crippen molar-refractivity contribution in [2.24, 2.45) is 0 Å². The molecule has 2 unspecified atom stereocenters. The van der Waals surface area contributed by atoms with Crippen LogP contribution in [0.5, 0.6) is 11.5 Å². The van der Waals surface area contributed by atoms with Gasteiger partial charge in [0.05, 0.1) is 14.2 Å².